The number of aliphatic hydroxyl groups is 1. The van der Waals surface area contributed by atoms with Gasteiger partial charge in [-0.15, -0.1) is 0 Å². The zero-order chi connectivity index (χ0) is 19.6. The summed E-state index contributed by atoms with van der Waals surface area (Å²) in [6.45, 7) is 4.42. The molecule has 27 heavy (non-hydrogen) atoms. The molecule has 1 fully saturated rings. The van der Waals surface area contributed by atoms with E-state index in [2.05, 4.69) is 44.1 Å². The molecule has 3 unspecified atom stereocenters. The van der Waals surface area contributed by atoms with E-state index in [0.29, 0.717) is 22.9 Å². The first-order chi connectivity index (χ1) is 12.9. The van der Waals surface area contributed by atoms with Gasteiger partial charge < -0.3 is 21.9 Å². The number of aliphatic imine (C=N–C) groups is 1. The van der Waals surface area contributed by atoms with Gasteiger partial charge in [0.2, 0.25) is 5.95 Å². The molecule has 9 heteroatoms. The van der Waals surface area contributed by atoms with Crippen molar-refractivity contribution >= 4 is 17.6 Å². The Hall–Kier alpha value is -2.81. The van der Waals surface area contributed by atoms with Gasteiger partial charge in [0.1, 0.15) is 17.3 Å². The molecule has 2 aromatic rings. The predicted octanol–water partition coefficient (Wildman–Crippen LogP) is 1.06. The van der Waals surface area contributed by atoms with Gasteiger partial charge >= 0.3 is 0 Å². The highest BCUT2D eigenvalue weighted by molar-refractivity contribution is 6.03. The summed E-state index contributed by atoms with van der Waals surface area (Å²) in [6.07, 6.45) is 5.12. The maximum atomic E-state index is 9.63. The molecule has 0 aromatic carbocycles. The Bertz CT molecular complexity index is 841. The minimum absolute atomic E-state index is 0.0896. The largest absolute Gasteiger partial charge is 0.396 e. The lowest BCUT2D eigenvalue weighted by Gasteiger charge is -2.33. The zero-order valence-corrected chi connectivity index (χ0v) is 15.8. The summed E-state index contributed by atoms with van der Waals surface area (Å²) in [5.41, 5.74) is 12.7. The van der Waals surface area contributed by atoms with Crippen LogP contribution in [-0.2, 0) is 0 Å². The third-order valence-corrected chi connectivity index (χ3v) is 5.58. The molecule has 0 amide bonds. The average molecular weight is 370 g/mol. The highest BCUT2D eigenvalue weighted by atomic mass is 16.3. The van der Waals surface area contributed by atoms with Crippen molar-refractivity contribution in [2.45, 2.75) is 32.2 Å². The highest BCUT2D eigenvalue weighted by Gasteiger charge is 2.43. The van der Waals surface area contributed by atoms with Crippen LogP contribution in [0.2, 0.25) is 0 Å². The Labute approximate surface area is 158 Å². The van der Waals surface area contributed by atoms with Crippen LogP contribution in [0.1, 0.15) is 32.4 Å². The minimum atomic E-state index is -0.271. The smallest absolute Gasteiger partial charge is 0.222 e. The third kappa shape index (κ3) is 3.55. The molecule has 9 nitrogen and oxygen atoms in total. The SMILES string of the molecule is CN=C(N)c1nc(N)nc(NC2(C)CCC(CO)C2C)c1-c1ncccn1. The van der Waals surface area contributed by atoms with Crippen LogP contribution in [0.4, 0.5) is 11.8 Å². The Kier molecular flexibility index (Phi) is 5.22. The van der Waals surface area contributed by atoms with Crippen molar-refractivity contribution in [1.82, 2.24) is 19.9 Å². The Morgan fingerprint density at radius 2 is 2.07 bits per heavy atom. The van der Waals surface area contributed by atoms with Gasteiger partial charge in [-0.3, -0.25) is 4.99 Å². The van der Waals surface area contributed by atoms with Gasteiger partial charge in [0.25, 0.3) is 0 Å². The number of aromatic nitrogens is 4. The van der Waals surface area contributed by atoms with Crippen molar-refractivity contribution in [3.8, 4) is 11.4 Å². The number of hydrogen-bond donors (Lipinski definition) is 4. The van der Waals surface area contributed by atoms with Crippen LogP contribution in [0.15, 0.2) is 23.5 Å². The van der Waals surface area contributed by atoms with Gasteiger partial charge in [-0.1, -0.05) is 6.92 Å². The van der Waals surface area contributed by atoms with Crippen molar-refractivity contribution in [2.75, 3.05) is 24.7 Å². The molecule has 6 N–H and O–H groups in total. The fourth-order valence-electron chi connectivity index (χ4n) is 3.68. The van der Waals surface area contributed by atoms with E-state index in [0.717, 1.165) is 12.8 Å². The summed E-state index contributed by atoms with van der Waals surface area (Å²) in [6, 6.07) is 1.73. The van der Waals surface area contributed by atoms with Gasteiger partial charge in [-0.05, 0) is 37.7 Å². The quantitative estimate of drug-likeness (QED) is 0.451. The number of rotatable bonds is 5. The number of anilines is 2. The molecule has 1 saturated carbocycles. The second kappa shape index (κ2) is 7.43. The van der Waals surface area contributed by atoms with Crippen LogP contribution in [0.5, 0.6) is 0 Å². The molecule has 1 aliphatic carbocycles. The molecular formula is C18H26N8O. The van der Waals surface area contributed by atoms with Crippen LogP contribution in [0.25, 0.3) is 11.4 Å². The number of amidine groups is 1. The number of nitrogens with zero attached hydrogens (tertiary/aromatic N) is 5. The van der Waals surface area contributed by atoms with E-state index in [1.165, 1.54) is 0 Å². The lowest BCUT2D eigenvalue weighted by atomic mass is 9.86. The molecule has 2 aromatic heterocycles. The van der Waals surface area contributed by atoms with Crippen molar-refractivity contribution in [3.05, 3.63) is 24.2 Å². The summed E-state index contributed by atoms with van der Waals surface area (Å²) in [5, 5.41) is 13.2. The summed E-state index contributed by atoms with van der Waals surface area (Å²) in [7, 11) is 1.59. The van der Waals surface area contributed by atoms with Gasteiger partial charge in [-0.25, -0.2) is 15.0 Å². The normalized spacial score (nSPS) is 25.6. The summed E-state index contributed by atoms with van der Waals surface area (Å²) >= 11 is 0. The molecule has 0 spiro atoms. The van der Waals surface area contributed by atoms with Gasteiger partial charge in [0.15, 0.2) is 5.82 Å². The Balaban J connectivity index is 2.14. The lowest BCUT2D eigenvalue weighted by Crippen LogP contribution is -2.40. The van der Waals surface area contributed by atoms with Crippen LogP contribution in [-0.4, -0.2) is 50.1 Å². The number of aliphatic hydroxyl groups excluding tert-OH is 1. The first-order valence-electron chi connectivity index (χ1n) is 8.96. The summed E-state index contributed by atoms with van der Waals surface area (Å²) in [5.74, 6) is 1.75. The fourth-order valence-corrected chi connectivity index (χ4v) is 3.68. The molecule has 3 rings (SSSR count). The topological polar surface area (TPSA) is 148 Å². The van der Waals surface area contributed by atoms with Crippen LogP contribution in [0.3, 0.4) is 0 Å². The summed E-state index contributed by atoms with van der Waals surface area (Å²) in [4.78, 5) is 21.4. The van der Waals surface area contributed by atoms with E-state index in [9.17, 15) is 5.11 Å². The van der Waals surface area contributed by atoms with E-state index in [1.807, 2.05) is 0 Å². The van der Waals surface area contributed by atoms with E-state index in [1.54, 1.807) is 25.5 Å². The zero-order valence-electron chi connectivity index (χ0n) is 15.8. The van der Waals surface area contributed by atoms with Crippen LogP contribution < -0.4 is 16.8 Å². The van der Waals surface area contributed by atoms with Gasteiger partial charge in [0.05, 0.1) is 5.56 Å². The number of nitrogens with two attached hydrogens (primary N) is 2. The fraction of sp³-hybridized carbons (Fsp3) is 0.500. The number of nitrogen functional groups attached to an aromatic ring is 1. The molecule has 2 heterocycles. The van der Waals surface area contributed by atoms with E-state index >= 15 is 0 Å². The molecular weight excluding hydrogens is 344 g/mol. The van der Waals surface area contributed by atoms with Crippen molar-refractivity contribution < 1.29 is 5.11 Å². The second-order valence-electron chi connectivity index (χ2n) is 7.15. The Morgan fingerprint density at radius 1 is 1.37 bits per heavy atom. The van der Waals surface area contributed by atoms with Crippen molar-refractivity contribution in [1.29, 1.82) is 0 Å². The van der Waals surface area contributed by atoms with Crippen molar-refractivity contribution in [2.24, 2.45) is 22.6 Å². The standard InChI is InChI=1S/C18H26N8O/c1-10-11(9-27)5-6-18(10,2)26-16-12(15-22-7-4-8-23-15)13(14(19)21-3)24-17(20)25-16/h4,7-8,10-11,27H,5-6,9H2,1-3H3,(H2,19,21)(H3,20,24,25,26). The lowest BCUT2D eigenvalue weighted by molar-refractivity contribution is 0.187. The van der Waals surface area contributed by atoms with Gasteiger partial charge in [0, 0.05) is 31.6 Å². The highest BCUT2D eigenvalue weighted by Crippen LogP contribution is 2.43. The predicted molar refractivity (Wildman–Crippen MR) is 105 cm³/mol. The van der Waals surface area contributed by atoms with Gasteiger partial charge in [-0.2, -0.15) is 4.98 Å². The number of hydrogen-bond acceptors (Lipinski definition) is 8. The molecule has 1 aliphatic rings. The third-order valence-electron chi connectivity index (χ3n) is 5.58. The monoisotopic (exact) mass is 370 g/mol. The molecule has 3 atom stereocenters. The molecule has 0 radical (unpaired) electrons. The first kappa shape index (κ1) is 19.0. The molecule has 0 aliphatic heterocycles. The maximum absolute atomic E-state index is 9.63. The first-order valence-corrected chi connectivity index (χ1v) is 8.96. The van der Waals surface area contributed by atoms with Crippen molar-refractivity contribution in [3.63, 3.8) is 0 Å². The second-order valence-corrected chi connectivity index (χ2v) is 7.15. The van der Waals surface area contributed by atoms with E-state index in [-0.39, 0.29) is 35.8 Å². The van der Waals surface area contributed by atoms with Crippen LogP contribution in [0, 0.1) is 11.8 Å². The van der Waals surface area contributed by atoms with E-state index in [4.69, 9.17) is 11.5 Å². The average Bonchev–Trinajstić information content (AvgIpc) is 2.95. The maximum Gasteiger partial charge on any atom is 0.222 e. The minimum Gasteiger partial charge on any atom is -0.396 e. The summed E-state index contributed by atoms with van der Waals surface area (Å²) < 4.78 is 0. The molecule has 0 saturated heterocycles. The van der Waals surface area contributed by atoms with Crippen LogP contribution >= 0.6 is 0 Å². The molecule has 144 valence electrons. The number of nitrogens with one attached hydrogen (secondary N) is 1. The Morgan fingerprint density at radius 3 is 2.67 bits per heavy atom. The van der Waals surface area contributed by atoms with E-state index < -0.39 is 0 Å². The molecule has 0 bridgehead atoms.